The van der Waals surface area contributed by atoms with E-state index in [0.29, 0.717) is 16.3 Å². The van der Waals surface area contributed by atoms with E-state index in [9.17, 15) is 9.59 Å². The summed E-state index contributed by atoms with van der Waals surface area (Å²) >= 11 is 6.96. The van der Waals surface area contributed by atoms with Crippen molar-refractivity contribution in [2.45, 2.75) is 6.42 Å². The summed E-state index contributed by atoms with van der Waals surface area (Å²) < 4.78 is 0.556. The Balaban J connectivity index is 2.08. The first-order valence-electron chi connectivity index (χ1n) is 4.10. The van der Waals surface area contributed by atoms with Gasteiger partial charge in [-0.25, -0.2) is 0 Å². The highest BCUT2D eigenvalue weighted by atomic mass is 35.5. The predicted molar refractivity (Wildman–Crippen MR) is 52.9 cm³/mol. The Morgan fingerprint density at radius 2 is 2.21 bits per heavy atom. The first-order valence-corrected chi connectivity index (χ1v) is 5.36. The summed E-state index contributed by atoms with van der Waals surface area (Å²) in [6, 6.07) is 1.59. The maximum absolute atomic E-state index is 11.6. The Bertz CT molecular complexity index is 399. The third-order valence-corrected chi connectivity index (χ3v) is 3.39. The SMILES string of the molecule is O=C(O)C1CC1C(=O)c1csc(Cl)c1. The summed E-state index contributed by atoms with van der Waals surface area (Å²) in [5, 5.41) is 10.3. The van der Waals surface area contributed by atoms with Crippen molar-refractivity contribution in [1.29, 1.82) is 0 Å². The average Bonchev–Trinajstić information content (AvgIpc) is 2.82. The van der Waals surface area contributed by atoms with Crippen LogP contribution in [0.15, 0.2) is 11.4 Å². The highest BCUT2D eigenvalue weighted by molar-refractivity contribution is 7.14. The summed E-state index contributed by atoms with van der Waals surface area (Å²) in [7, 11) is 0. The van der Waals surface area contributed by atoms with Gasteiger partial charge in [0.1, 0.15) is 0 Å². The molecule has 1 heterocycles. The Labute approximate surface area is 89.3 Å². The topological polar surface area (TPSA) is 54.4 Å². The molecular weight excluding hydrogens is 224 g/mol. The van der Waals surface area contributed by atoms with Gasteiger partial charge in [-0.1, -0.05) is 11.6 Å². The number of hydrogen-bond acceptors (Lipinski definition) is 3. The minimum atomic E-state index is -0.885. The van der Waals surface area contributed by atoms with Crippen molar-refractivity contribution in [2.24, 2.45) is 11.8 Å². The number of rotatable bonds is 3. The maximum atomic E-state index is 11.6. The molecule has 14 heavy (non-hydrogen) atoms. The molecule has 1 aliphatic rings. The third-order valence-electron chi connectivity index (χ3n) is 2.30. The van der Waals surface area contributed by atoms with Crippen molar-refractivity contribution in [3.8, 4) is 0 Å². The van der Waals surface area contributed by atoms with Crippen LogP contribution in [0, 0.1) is 11.8 Å². The molecule has 5 heteroatoms. The molecule has 2 unspecified atom stereocenters. The second-order valence-corrected chi connectivity index (χ2v) is 4.83. The molecule has 2 rings (SSSR count). The predicted octanol–water partition coefficient (Wildman–Crippen LogP) is 2.30. The van der Waals surface area contributed by atoms with Crippen LogP contribution in [0.3, 0.4) is 0 Å². The Hall–Kier alpha value is -0.870. The number of carbonyl (C=O) groups excluding carboxylic acids is 1. The fourth-order valence-corrected chi connectivity index (χ4v) is 2.28. The zero-order valence-corrected chi connectivity index (χ0v) is 8.64. The highest BCUT2D eigenvalue weighted by Gasteiger charge is 2.48. The normalized spacial score (nSPS) is 24.6. The lowest BCUT2D eigenvalue weighted by Gasteiger charge is -1.92. The number of halogens is 1. The van der Waals surface area contributed by atoms with Gasteiger partial charge in [-0.3, -0.25) is 9.59 Å². The highest BCUT2D eigenvalue weighted by Crippen LogP contribution is 2.41. The molecular formula is C9H7ClO3S. The van der Waals surface area contributed by atoms with Crippen LogP contribution >= 0.6 is 22.9 Å². The molecule has 1 aliphatic carbocycles. The lowest BCUT2D eigenvalue weighted by molar-refractivity contribution is -0.138. The van der Waals surface area contributed by atoms with Crippen LogP contribution in [0.2, 0.25) is 4.34 Å². The van der Waals surface area contributed by atoms with Crippen LogP contribution in [0.1, 0.15) is 16.8 Å². The van der Waals surface area contributed by atoms with Crippen molar-refractivity contribution in [3.05, 3.63) is 21.3 Å². The van der Waals surface area contributed by atoms with E-state index in [-0.39, 0.29) is 11.7 Å². The van der Waals surface area contributed by atoms with Crippen LogP contribution in [0.5, 0.6) is 0 Å². The molecule has 3 nitrogen and oxygen atoms in total. The molecule has 0 aliphatic heterocycles. The molecule has 0 aromatic carbocycles. The van der Waals surface area contributed by atoms with Crippen molar-refractivity contribution in [1.82, 2.24) is 0 Å². The molecule has 0 saturated heterocycles. The number of carboxylic acid groups (broad SMARTS) is 1. The number of Topliss-reactive ketones (excluding diaryl/α,β-unsaturated/α-hetero) is 1. The van der Waals surface area contributed by atoms with E-state index < -0.39 is 11.9 Å². The molecule has 1 N–H and O–H groups in total. The van der Waals surface area contributed by atoms with E-state index in [1.54, 1.807) is 11.4 Å². The smallest absolute Gasteiger partial charge is 0.307 e. The lowest BCUT2D eigenvalue weighted by atomic mass is 10.1. The van der Waals surface area contributed by atoms with Gasteiger partial charge in [0, 0.05) is 16.9 Å². The number of aliphatic carboxylic acids is 1. The molecule has 0 radical (unpaired) electrons. The number of carboxylic acids is 1. The summed E-state index contributed by atoms with van der Waals surface area (Å²) in [5.41, 5.74) is 0.536. The van der Waals surface area contributed by atoms with Gasteiger partial charge in [-0.2, -0.15) is 0 Å². The van der Waals surface area contributed by atoms with Gasteiger partial charge in [0.2, 0.25) is 0 Å². The molecule has 74 valence electrons. The van der Waals surface area contributed by atoms with Crippen molar-refractivity contribution < 1.29 is 14.7 Å². The molecule has 0 bridgehead atoms. The molecule has 1 saturated carbocycles. The number of thiophene rings is 1. The number of carbonyl (C=O) groups is 2. The molecule has 0 spiro atoms. The first-order chi connectivity index (χ1) is 6.59. The van der Waals surface area contributed by atoms with E-state index in [1.165, 1.54) is 11.3 Å². The van der Waals surface area contributed by atoms with Gasteiger partial charge in [-0.05, 0) is 12.5 Å². The van der Waals surface area contributed by atoms with Crippen LogP contribution < -0.4 is 0 Å². The lowest BCUT2D eigenvalue weighted by Crippen LogP contribution is -2.07. The van der Waals surface area contributed by atoms with Gasteiger partial charge < -0.3 is 5.11 Å². The Kier molecular flexibility index (Phi) is 2.33. The summed E-state index contributed by atoms with van der Waals surface area (Å²) in [4.78, 5) is 22.2. The van der Waals surface area contributed by atoms with Gasteiger partial charge in [0.25, 0.3) is 0 Å². The van der Waals surface area contributed by atoms with Crippen molar-refractivity contribution >= 4 is 34.7 Å². The van der Waals surface area contributed by atoms with E-state index in [1.807, 2.05) is 0 Å². The second-order valence-electron chi connectivity index (χ2n) is 3.29. The summed E-state index contributed by atoms with van der Waals surface area (Å²) in [6.45, 7) is 0. The quantitative estimate of drug-likeness (QED) is 0.811. The average molecular weight is 231 g/mol. The summed E-state index contributed by atoms with van der Waals surface area (Å²) in [6.07, 6.45) is 0.460. The second kappa shape index (κ2) is 3.37. The zero-order chi connectivity index (χ0) is 10.3. The van der Waals surface area contributed by atoms with Gasteiger partial charge in [0.15, 0.2) is 5.78 Å². The fraction of sp³-hybridized carbons (Fsp3) is 0.333. The van der Waals surface area contributed by atoms with Gasteiger partial charge in [-0.15, -0.1) is 11.3 Å². The fourth-order valence-electron chi connectivity index (χ4n) is 1.41. The molecule has 1 aromatic rings. The van der Waals surface area contributed by atoms with Crippen molar-refractivity contribution in [3.63, 3.8) is 0 Å². The molecule has 1 aromatic heterocycles. The standard InChI is InChI=1S/C9H7ClO3S/c10-7-1-4(3-14-7)8(11)5-2-6(5)9(12)13/h1,3,5-6H,2H2,(H,12,13). The summed E-state index contributed by atoms with van der Waals surface area (Å²) in [5.74, 6) is -1.80. The van der Waals surface area contributed by atoms with Crippen LogP contribution in [0.4, 0.5) is 0 Å². The monoisotopic (exact) mass is 230 g/mol. The van der Waals surface area contributed by atoms with Crippen LogP contribution in [-0.2, 0) is 4.79 Å². The third kappa shape index (κ3) is 1.67. The van der Waals surface area contributed by atoms with E-state index >= 15 is 0 Å². The largest absolute Gasteiger partial charge is 0.481 e. The Morgan fingerprint density at radius 3 is 2.64 bits per heavy atom. The number of ketones is 1. The maximum Gasteiger partial charge on any atom is 0.307 e. The van der Waals surface area contributed by atoms with E-state index in [4.69, 9.17) is 16.7 Å². The molecule has 1 fully saturated rings. The van der Waals surface area contributed by atoms with Crippen molar-refractivity contribution in [2.75, 3.05) is 0 Å². The van der Waals surface area contributed by atoms with Crippen LogP contribution in [0.25, 0.3) is 0 Å². The zero-order valence-electron chi connectivity index (χ0n) is 7.07. The minimum absolute atomic E-state index is 0.0967. The van der Waals surface area contributed by atoms with Gasteiger partial charge >= 0.3 is 5.97 Å². The molecule has 0 amide bonds. The minimum Gasteiger partial charge on any atom is -0.481 e. The number of hydrogen-bond donors (Lipinski definition) is 1. The van der Waals surface area contributed by atoms with Crippen LogP contribution in [-0.4, -0.2) is 16.9 Å². The molecule has 2 atom stereocenters. The Morgan fingerprint density at radius 1 is 1.50 bits per heavy atom. The van der Waals surface area contributed by atoms with E-state index in [0.717, 1.165) is 0 Å². The van der Waals surface area contributed by atoms with E-state index in [2.05, 4.69) is 0 Å². The van der Waals surface area contributed by atoms with Gasteiger partial charge in [0.05, 0.1) is 10.3 Å². The first kappa shape index (κ1) is 9.68.